The molecular formula is C20H20N2O3S2. The summed E-state index contributed by atoms with van der Waals surface area (Å²) < 4.78 is 8.63. The van der Waals surface area contributed by atoms with E-state index in [1.54, 1.807) is 6.92 Å². The van der Waals surface area contributed by atoms with Crippen molar-refractivity contribution in [3.63, 3.8) is 0 Å². The Labute approximate surface area is 166 Å². The standard InChI is InChI=1S/C20H20N2O3S2/c1-12(19(23)24)27-20-21-17-16(14-9-5-6-10-15(14)25-17)18(26)22(20)11-13-7-3-2-4-8-13/h2-4,7-8,12H,5-6,9-11H2,1H3,(H,23,24). The van der Waals surface area contributed by atoms with Crippen LogP contribution in [0.2, 0.25) is 0 Å². The molecule has 2 heterocycles. The summed E-state index contributed by atoms with van der Waals surface area (Å²) in [6, 6.07) is 10.0. The number of fused-ring (bicyclic) bond motifs is 3. The predicted octanol–water partition coefficient (Wildman–Crippen LogP) is 4.85. The highest BCUT2D eigenvalue weighted by Crippen LogP contribution is 2.34. The van der Waals surface area contributed by atoms with Gasteiger partial charge in [-0.1, -0.05) is 54.3 Å². The third-order valence-corrected chi connectivity index (χ3v) is 6.36. The molecule has 0 fully saturated rings. The van der Waals surface area contributed by atoms with Gasteiger partial charge in [-0.05, 0) is 31.7 Å². The first-order valence-corrected chi connectivity index (χ1v) is 10.3. The van der Waals surface area contributed by atoms with Crippen LogP contribution in [0.5, 0.6) is 0 Å². The van der Waals surface area contributed by atoms with Crippen molar-refractivity contribution in [2.24, 2.45) is 0 Å². The number of carbonyl (C=O) groups is 1. The minimum Gasteiger partial charge on any atom is -0.480 e. The van der Waals surface area contributed by atoms with Crippen LogP contribution in [0, 0.1) is 4.64 Å². The summed E-state index contributed by atoms with van der Waals surface area (Å²) in [5.74, 6) is 0.104. The van der Waals surface area contributed by atoms with Gasteiger partial charge < -0.3 is 14.1 Å². The molecule has 2 aromatic heterocycles. The van der Waals surface area contributed by atoms with Crippen LogP contribution in [-0.2, 0) is 24.2 Å². The predicted molar refractivity (Wildman–Crippen MR) is 108 cm³/mol. The Kier molecular flexibility index (Phi) is 5.06. The highest BCUT2D eigenvalue weighted by molar-refractivity contribution is 8.00. The summed E-state index contributed by atoms with van der Waals surface area (Å²) in [5.41, 5.74) is 2.81. The number of benzene rings is 1. The molecule has 5 nitrogen and oxygen atoms in total. The van der Waals surface area contributed by atoms with Crippen molar-refractivity contribution in [2.75, 3.05) is 0 Å². The summed E-state index contributed by atoms with van der Waals surface area (Å²) in [4.78, 5) is 16.1. The van der Waals surface area contributed by atoms with E-state index in [2.05, 4.69) is 4.98 Å². The number of hydrogen-bond donors (Lipinski definition) is 1. The molecule has 0 bridgehead atoms. The number of rotatable bonds is 5. The van der Waals surface area contributed by atoms with Gasteiger partial charge in [0.2, 0.25) is 5.71 Å². The number of furan rings is 1. The molecule has 7 heteroatoms. The number of nitrogens with zero attached hydrogens (tertiary/aromatic N) is 2. The highest BCUT2D eigenvalue weighted by Gasteiger charge is 2.24. The SMILES string of the molecule is CC(Sc1nc2oc3c(c2c(=S)n1Cc1ccccc1)CCCC3)C(=O)O. The summed E-state index contributed by atoms with van der Waals surface area (Å²) in [6.45, 7) is 2.21. The fourth-order valence-electron chi connectivity index (χ4n) is 3.42. The van der Waals surface area contributed by atoms with E-state index in [1.807, 2.05) is 34.9 Å². The fraction of sp³-hybridized carbons (Fsp3) is 0.350. The molecule has 0 spiro atoms. The van der Waals surface area contributed by atoms with E-state index in [-0.39, 0.29) is 0 Å². The number of carboxylic acid groups (broad SMARTS) is 1. The molecule has 4 rings (SSSR count). The average Bonchev–Trinajstić information content (AvgIpc) is 3.04. The zero-order chi connectivity index (χ0) is 19.0. The van der Waals surface area contributed by atoms with Crippen LogP contribution in [-0.4, -0.2) is 25.9 Å². The molecule has 1 atom stereocenters. The van der Waals surface area contributed by atoms with Gasteiger partial charge in [-0.15, -0.1) is 0 Å². The van der Waals surface area contributed by atoms with E-state index in [9.17, 15) is 9.90 Å². The topological polar surface area (TPSA) is 68.3 Å². The average molecular weight is 401 g/mol. The van der Waals surface area contributed by atoms with Gasteiger partial charge in [0.25, 0.3) is 0 Å². The maximum Gasteiger partial charge on any atom is 0.316 e. The van der Waals surface area contributed by atoms with E-state index in [0.717, 1.165) is 42.4 Å². The van der Waals surface area contributed by atoms with Crippen LogP contribution < -0.4 is 0 Å². The lowest BCUT2D eigenvalue weighted by Crippen LogP contribution is -2.15. The molecule has 0 saturated carbocycles. The molecule has 140 valence electrons. The van der Waals surface area contributed by atoms with Gasteiger partial charge in [-0.2, -0.15) is 4.98 Å². The van der Waals surface area contributed by atoms with Crippen LogP contribution in [0.1, 0.15) is 36.7 Å². The lowest BCUT2D eigenvalue weighted by atomic mass is 9.97. The maximum absolute atomic E-state index is 11.4. The van der Waals surface area contributed by atoms with Crippen molar-refractivity contribution in [1.82, 2.24) is 9.55 Å². The molecule has 0 radical (unpaired) electrons. The van der Waals surface area contributed by atoms with Gasteiger partial charge in [0.05, 0.1) is 11.9 Å². The normalized spacial score (nSPS) is 14.9. The van der Waals surface area contributed by atoms with Crippen molar-refractivity contribution >= 4 is 41.0 Å². The molecule has 1 aromatic carbocycles. The summed E-state index contributed by atoms with van der Waals surface area (Å²) in [6.07, 6.45) is 4.10. The Morgan fingerprint density at radius 1 is 1.33 bits per heavy atom. The number of carboxylic acids is 1. The molecule has 1 unspecified atom stereocenters. The Morgan fingerprint density at radius 3 is 2.81 bits per heavy atom. The smallest absolute Gasteiger partial charge is 0.316 e. The number of aryl methyl sites for hydroxylation is 2. The van der Waals surface area contributed by atoms with Gasteiger partial charge in [0, 0.05) is 12.0 Å². The van der Waals surface area contributed by atoms with Crippen molar-refractivity contribution in [2.45, 2.75) is 49.6 Å². The van der Waals surface area contributed by atoms with Crippen molar-refractivity contribution in [1.29, 1.82) is 0 Å². The number of hydrogen-bond acceptors (Lipinski definition) is 5. The van der Waals surface area contributed by atoms with Gasteiger partial charge in [0.1, 0.15) is 15.7 Å². The van der Waals surface area contributed by atoms with Crippen molar-refractivity contribution < 1.29 is 14.3 Å². The number of aliphatic carboxylic acids is 1. The van der Waals surface area contributed by atoms with Crippen LogP contribution in [0.4, 0.5) is 0 Å². The molecular weight excluding hydrogens is 380 g/mol. The second-order valence-electron chi connectivity index (χ2n) is 6.76. The van der Waals surface area contributed by atoms with Gasteiger partial charge in [-0.3, -0.25) is 4.79 Å². The van der Waals surface area contributed by atoms with Crippen molar-refractivity contribution in [3.8, 4) is 0 Å². The van der Waals surface area contributed by atoms with E-state index < -0.39 is 11.2 Å². The first kappa shape index (κ1) is 18.3. The van der Waals surface area contributed by atoms with Gasteiger partial charge in [-0.25, -0.2) is 0 Å². The van der Waals surface area contributed by atoms with Crippen LogP contribution >= 0.6 is 24.0 Å². The molecule has 1 aliphatic carbocycles. The number of aromatic nitrogens is 2. The monoisotopic (exact) mass is 400 g/mol. The van der Waals surface area contributed by atoms with Crippen molar-refractivity contribution in [3.05, 3.63) is 51.9 Å². The van der Waals surface area contributed by atoms with Crippen LogP contribution in [0.15, 0.2) is 39.9 Å². The maximum atomic E-state index is 11.4. The largest absolute Gasteiger partial charge is 0.480 e. The van der Waals surface area contributed by atoms with Crippen LogP contribution in [0.25, 0.3) is 11.1 Å². The summed E-state index contributed by atoms with van der Waals surface area (Å²) in [7, 11) is 0. The fourth-order valence-corrected chi connectivity index (χ4v) is 4.68. The molecule has 1 aliphatic rings. The van der Waals surface area contributed by atoms with E-state index in [4.69, 9.17) is 16.6 Å². The Balaban J connectivity index is 1.89. The zero-order valence-corrected chi connectivity index (χ0v) is 16.6. The van der Waals surface area contributed by atoms with Gasteiger partial charge in [0.15, 0.2) is 5.16 Å². The quantitative estimate of drug-likeness (QED) is 0.375. The first-order valence-electron chi connectivity index (χ1n) is 9.03. The Hall–Kier alpha value is -2.12. The van der Waals surface area contributed by atoms with E-state index >= 15 is 0 Å². The lowest BCUT2D eigenvalue weighted by molar-refractivity contribution is -0.136. The minimum atomic E-state index is -0.877. The first-order chi connectivity index (χ1) is 13.0. The highest BCUT2D eigenvalue weighted by atomic mass is 32.2. The lowest BCUT2D eigenvalue weighted by Gasteiger charge is -2.15. The van der Waals surface area contributed by atoms with Crippen LogP contribution in [0.3, 0.4) is 0 Å². The van der Waals surface area contributed by atoms with E-state index in [1.165, 1.54) is 17.3 Å². The molecule has 0 amide bonds. The Morgan fingerprint density at radius 2 is 2.07 bits per heavy atom. The molecule has 0 aliphatic heterocycles. The summed E-state index contributed by atoms with van der Waals surface area (Å²) >= 11 is 7.04. The minimum absolute atomic E-state index is 0.538. The third-order valence-electron chi connectivity index (χ3n) is 4.85. The number of thioether (sulfide) groups is 1. The molecule has 0 saturated heterocycles. The second-order valence-corrected chi connectivity index (χ2v) is 8.46. The molecule has 1 N–H and O–H groups in total. The Bertz CT molecular complexity index is 1060. The van der Waals surface area contributed by atoms with E-state index in [0.29, 0.717) is 22.1 Å². The summed E-state index contributed by atoms with van der Waals surface area (Å²) in [5, 5.41) is 10.2. The van der Waals surface area contributed by atoms with Gasteiger partial charge >= 0.3 is 5.97 Å². The second kappa shape index (κ2) is 7.48. The molecule has 27 heavy (non-hydrogen) atoms. The molecule has 3 aromatic rings. The zero-order valence-electron chi connectivity index (χ0n) is 15.0. The third kappa shape index (κ3) is 3.53.